The van der Waals surface area contributed by atoms with Gasteiger partial charge in [0.15, 0.2) is 5.43 Å². The first-order chi connectivity index (χ1) is 21.8. The van der Waals surface area contributed by atoms with E-state index in [1.54, 1.807) is 0 Å². The van der Waals surface area contributed by atoms with Gasteiger partial charge in [0.25, 0.3) is 0 Å². The second-order valence-corrected chi connectivity index (χ2v) is 13.4. The lowest BCUT2D eigenvalue weighted by Gasteiger charge is -2.40. The summed E-state index contributed by atoms with van der Waals surface area (Å²) in [5.74, 6) is -0.341. The Morgan fingerprint density at radius 1 is 0.933 bits per heavy atom. The fraction of sp³-hybridized carbons (Fsp3) is 0.472. The van der Waals surface area contributed by atoms with Crippen LogP contribution in [0, 0.1) is 19.7 Å². The molecule has 1 aromatic carbocycles. The molecule has 3 aliphatic rings. The number of nitrogens with zero attached hydrogens (tertiary/aromatic N) is 6. The van der Waals surface area contributed by atoms with Crippen LogP contribution >= 0.6 is 0 Å². The zero-order valence-corrected chi connectivity index (χ0v) is 26.5. The minimum atomic E-state index is -0.341. The topological polar surface area (TPSA) is 83.5 Å². The highest BCUT2D eigenvalue weighted by Gasteiger charge is 2.30. The van der Waals surface area contributed by atoms with Crippen molar-refractivity contribution in [3.63, 3.8) is 0 Å². The Hall–Kier alpha value is -3.82. The second kappa shape index (κ2) is 12.5. The smallest absolute Gasteiger partial charge is 0.193 e. The van der Waals surface area contributed by atoms with Crippen molar-refractivity contribution in [2.24, 2.45) is 5.73 Å². The predicted molar refractivity (Wildman–Crippen MR) is 178 cm³/mol. The van der Waals surface area contributed by atoms with Gasteiger partial charge in [-0.1, -0.05) is 0 Å². The Kier molecular flexibility index (Phi) is 8.31. The van der Waals surface area contributed by atoms with E-state index in [9.17, 15) is 4.79 Å². The Morgan fingerprint density at radius 3 is 2.51 bits per heavy atom. The van der Waals surface area contributed by atoms with Crippen molar-refractivity contribution in [3.8, 4) is 0 Å². The minimum Gasteiger partial charge on any atom is -0.369 e. The molecule has 236 valence electrons. The number of rotatable bonds is 8. The van der Waals surface area contributed by atoms with E-state index in [1.807, 2.05) is 32.3 Å². The first-order valence-corrected chi connectivity index (χ1v) is 16.5. The van der Waals surface area contributed by atoms with E-state index >= 15 is 4.39 Å². The number of piperidine rings is 2. The molecule has 8 nitrogen and oxygen atoms in total. The Labute approximate surface area is 264 Å². The molecule has 2 atom stereocenters. The molecule has 5 heterocycles. The van der Waals surface area contributed by atoms with Crippen LogP contribution in [-0.2, 0) is 13.1 Å². The van der Waals surface area contributed by atoms with Crippen LogP contribution in [0.5, 0.6) is 0 Å². The van der Waals surface area contributed by atoms with Crippen LogP contribution in [0.1, 0.15) is 67.1 Å². The van der Waals surface area contributed by atoms with Crippen LogP contribution in [0.15, 0.2) is 59.8 Å². The monoisotopic (exact) mass is 609 g/mol. The van der Waals surface area contributed by atoms with E-state index in [0.717, 1.165) is 86.3 Å². The third-order valence-corrected chi connectivity index (χ3v) is 9.81. The summed E-state index contributed by atoms with van der Waals surface area (Å²) in [5.41, 5.74) is 12.6. The highest BCUT2D eigenvalue weighted by molar-refractivity contribution is 5.84. The summed E-state index contributed by atoms with van der Waals surface area (Å²) in [6.07, 6.45) is 12.0. The summed E-state index contributed by atoms with van der Waals surface area (Å²) in [4.78, 5) is 30.1. The normalized spacial score (nSPS) is 20.7. The van der Waals surface area contributed by atoms with Gasteiger partial charge < -0.3 is 20.1 Å². The van der Waals surface area contributed by atoms with Crippen molar-refractivity contribution in [1.29, 1.82) is 0 Å². The summed E-state index contributed by atoms with van der Waals surface area (Å²) in [7, 11) is 0. The maximum atomic E-state index is 15.7. The zero-order chi connectivity index (χ0) is 31.1. The van der Waals surface area contributed by atoms with Crippen molar-refractivity contribution in [2.45, 2.75) is 83.6 Å². The van der Waals surface area contributed by atoms with Gasteiger partial charge in [0.05, 0.1) is 23.1 Å². The van der Waals surface area contributed by atoms with Crippen LogP contribution < -0.4 is 21.0 Å². The second-order valence-electron chi connectivity index (χ2n) is 13.4. The number of benzene rings is 1. The van der Waals surface area contributed by atoms with Gasteiger partial charge in [-0.2, -0.15) is 0 Å². The first kappa shape index (κ1) is 29.9. The third kappa shape index (κ3) is 6.47. The summed E-state index contributed by atoms with van der Waals surface area (Å²) in [6, 6.07) is 12.4. The summed E-state index contributed by atoms with van der Waals surface area (Å²) in [6.45, 7) is 8.48. The van der Waals surface area contributed by atoms with Gasteiger partial charge in [0, 0.05) is 92.1 Å². The minimum absolute atomic E-state index is 0.0370. The molecule has 4 aromatic rings. The molecule has 2 N–H and O–H groups in total. The zero-order valence-electron chi connectivity index (χ0n) is 26.5. The van der Waals surface area contributed by atoms with Gasteiger partial charge in [0.2, 0.25) is 0 Å². The van der Waals surface area contributed by atoms with Gasteiger partial charge in [-0.3, -0.25) is 19.7 Å². The number of pyridine rings is 3. The average Bonchev–Trinajstić information content (AvgIpc) is 3.88. The molecule has 9 heteroatoms. The van der Waals surface area contributed by atoms with Gasteiger partial charge in [-0.15, -0.1) is 0 Å². The van der Waals surface area contributed by atoms with Gasteiger partial charge in [-0.25, -0.2) is 4.39 Å². The number of aromatic nitrogens is 3. The molecule has 1 aliphatic carbocycles. The highest BCUT2D eigenvalue weighted by atomic mass is 19.1. The fourth-order valence-corrected chi connectivity index (χ4v) is 7.26. The highest BCUT2D eigenvalue weighted by Crippen LogP contribution is 2.38. The number of anilines is 2. The van der Waals surface area contributed by atoms with E-state index in [2.05, 4.69) is 59.7 Å². The maximum absolute atomic E-state index is 15.7. The third-order valence-electron chi connectivity index (χ3n) is 9.81. The molecular weight excluding hydrogens is 565 g/mol. The van der Waals surface area contributed by atoms with E-state index in [0.29, 0.717) is 36.7 Å². The van der Waals surface area contributed by atoms with Crippen molar-refractivity contribution in [2.75, 3.05) is 36.0 Å². The molecule has 0 radical (unpaired) electrons. The van der Waals surface area contributed by atoms with Gasteiger partial charge in [0.1, 0.15) is 5.82 Å². The van der Waals surface area contributed by atoms with Crippen LogP contribution in [0.25, 0.3) is 10.9 Å². The number of nitrogens with two attached hydrogens (primary N) is 1. The number of aryl methyl sites for hydroxylation is 2. The molecule has 0 unspecified atom stereocenters. The maximum Gasteiger partial charge on any atom is 0.193 e. The molecule has 7 rings (SSSR count). The summed E-state index contributed by atoms with van der Waals surface area (Å²) >= 11 is 0. The molecule has 0 amide bonds. The van der Waals surface area contributed by atoms with Crippen molar-refractivity contribution in [3.05, 3.63) is 93.5 Å². The van der Waals surface area contributed by atoms with Crippen molar-refractivity contribution in [1.82, 2.24) is 19.4 Å². The number of hydrogen-bond acceptors (Lipinski definition) is 7. The molecule has 3 fully saturated rings. The summed E-state index contributed by atoms with van der Waals surface area (Å²) < 4.78 is 18.0. The molecular formula is C36H44FN7O. The van der Waals surface area contributed by atoms with Crippen LogP contribution in [-0.4, -0.2) is 57.7 Å². The van der Waals surface area contributed by atoms with Gasteiger partial charge >= 0.3 is 0 Å². The molecule has 0 spiro atoms. The largest absolute Gasteiger partial charge is 0.369 e. The standard InChI is InChI=1S/C36H44FN7O/c1-24-7-8-30(18-40-24)41-13-4-6-31(23-41)43(19-26-11-12-39-25(2)15-26)20-27-21-44(29-9-10-29)34-17-35(33(37)16-32(34)36(27)45)42-14-3-5-28(38)22-42/h7-8,11-12,15-18,21,28-29,31H,3-6,9-10,13-14,19-20,22-23,38H2,1-2H3/t28-,31+/m1/s1. The molecule has 2 saturated heterocycles. The Morgan fingerprint density at radius 2 is 1.76 bits per heavy atom. The van der Waals surface area contributed by atoms with Crippen LogP contribution in [0.2, 0.25) is 0 Å². The van der Waals surface area contributed by atoms with Crippen molar-refractivity contribution < 1.29 is 4.39 Å². The number of halogens is 1. The summed E-state index contributed by atoms with van der Waals surface area (Å²) in [5, 5.41) is 0.470. The van der Waals surface area contributed by atoms with E-state index in [1.165, 1.54) is 11.6 Å². The lowest BCUT2D eigenvalue weighted by molar-refractivity contribution is 0.158. The fourth-order valence-electron chi connectivity index (χ4n) is 7.26. The lowest BCUT2D eigenvalue weighted by atomic mass is 10.0. The van der Waals surface area contributed by atoms with Gasteiger partial charge in [-0.05, 0) is 94.3 Å². The molecule has 0 bridgehead atoms. The predicted octanol–water partition coefficient (Wildman–Crippen LogP) is 5.48. The van der Waals surface area contributed by atoms with Crippen LogP contribution in [0.3, 0.4) is 0 Å². The van der Waals surface area contributed by atoms with Crippen LogP contribution in [0.4, 0.5) is 15.8 Å². The number of fused-ring (bicyclic) bond motifs is 1. The Bertz CT molecular complexity index is 1730. The van der Waals surface area contributed by atoms with E-state index < -0.39 is 0 Å². The molecule has 45 heavy (non-hydrogen) atoms. The molecule has 2 aliphatic heterocycles. The first-order valence-electron chi connectivity index (χ1n) is 16.5. The number of hydrogen-bond donors (Lipinski definition) is 1. The quantitative estimate of drug-likeness (QED) is 0.283. The SMILES string of the molecule is Cc1ccc(N2CCC[C@H](N(Cc3ccnc(C)c3)Cc3cn(C4CC4)c4cc(N5CCC[C@@H](N)C5)c(F)cc4c3=O)C2)cn1. The average molecular weight is 610 g/mol. The Balaban J connectivity index is 1.25. The molecule has 1 saturated carbocycles. The van der Waals surface area contributed by atoms with E-state index in [4.69, 9.17) is 5.73 Å². The van der Waals surface area contributed by atoms with Crippen molar-refractivity contribution >= 4 is 22.3 Å². The molecule has 3 aromatic heterocycles. The lowest BCUT2D eigenvalue weighted by Crippen LogP contribution is -2.48. The van der Waals surface area contributed by atoms with E-state index in [-0.39, 0.29) is 23.3 Å².